The van der Waals surface area contributed by atoms with Gasteiger partial charge in [0, 0.05) is 0 Å². The number of carbonyl (C=O) groups is 1. The molecule has 0 aliphatic heterocycles. The van der Waals surface area contributed by atoms with Crippen LogP contribution in [0, 0.1) is 5.82 Å². The monoisotopic (exact) mass is 308 g/mol. The molecule has 19 heavy (non-hydrogen) atoms. The Kier molecular flexibility index (Phi) is 6.49. The van der Waals surface area contributed by atoms with Crippen LogP contribution in [0.1, 0.15) is 11.8 Å². The normalized spacial score (nSPS) is 11.6. The zero-order valence-corrected chi connectivity index (χ0v) is 12.5. The average Bonchev–Trinajstić information content (AvgIpc) is 2.24. The molecule has 0 saturated carbocycles. The molecule has 0 saturated heterocycles. The van der Waals surface area contributed by atoms with Crippen molar-refractivity contribution in [2.45, 2.75) is 5.25 Å². The van der Waals surface area contributed by atoms with E-state index in [4.69, 9.17) is 4.55 Å². The van der Waals surface area contributed by atoms with Crippen molar-refractivity contribution in [2.75, 3.05) is 6.61 Å². The Balaban J connectivity index is 0. The van der Waals surface area contributed by atoms with E-state index in [1.807, 2.05) is 0 Å². The van der Waals surface area contributed by atoms with Gasteiger partial charge in [-0.15, -0.1) is 0 Å². The molecule has 102 valence electrons. The average molecular weight is 308 g/mol. The molecule has 5 nitrogen and oxygen atoms in total. The fourth-order valence-corrected chi connectivity index (χ4v) is 1.13. The van der Waals surface area contributed by atoms with E-state index in [0.717, 1.165) is 24.3 Å². The second-order valence-corrected chi connectivity index (χ2v) is 4.75. The number of esters is 1. The van der Waals surface area contributed by atoms with Crippen LogP contribution in [0.3, 0.4) is 0 Å². The molecule has 0 spiro atoms. The van der Waals surface area contributed by atoms with Crippen LogP contribution in [0.25, 0.3) is 0 Å². The van der Waals surface area contributed by atoms with Gasteiger partial charge in [0.25, 0.3) is 0 Å². The SMILES string of the molecule is O=C(OCC(F)(F)S(=O)(=O)O)c1cccc(F)c1.[H-].[Na+]. The fourth-order valence-electron chi connectivity index (χ4n) is 0.923. The molecule has 0 aliphatic carbocycles. The number of carbonyl (C=O) groups excluding carboxylic acids is 1. The largest absolute Gasteiger partial charge is 1.00 e. The summed E-state index contributed by atoms with van der Waals surface area (Å²) in [5.74, 6) is -2.12. The van der Waals surface area contributed by atoms with Gasteiger partial charge in [-0.1, -0.05) is 6.07 Å². The van der Waals surface area contributed by atoms with E-state index in [0.29, 0.717) is 0 Å². The predicted octanol–water partition coefficient (Wildman–Crippen LogP) is -1.42. The smallest absolute Gasteiger partial charge is 1.00 e. The molecule has 1 aromatic rings. The Morgan fingerprint density at radius 3 is 2.47 bits per heavy atom. The van der Waals surface area contributed by atoms with Gasteiger partial charge in [-0.2, -0.15) is 17.2 Å². The van der Waals surface area contributed by atoms with Gasteiger partial charge in [0.05, 0.1) is 5.56 Å². The van der Waals surface area contributed by atoms with Crippen molar-refractivity contribution in [1.82, 2.24) is 0 Å². The van der Waals surface area contributed by atoms with Gasteiger partial charge in [0.1, 0.15) is 5.82 Å². The number of hydrogen-bond donors (Lipinski definition) is 1. The zero-order chi connectivity index (χ0) is 14.0. The molecule has 0 fully saturated rings. The summed E-state index contributed by atoms with van der Waals surface area (Å²) in [5, 5.41) is -4.62. The number of benzene rings is 1. The summed E-state index contributed by atoms with van der Waals surface area (Å²) < 4.78 is 70.6. The number of alkyl halides is 2. The zero-order valence-electron chi connectivity index (χ0n) is 10.6. The standard InChI is InChI=1S/C9H7F3O5S.Na.H/c10-7-3-1-2-6(4-7)8(13)17-5-9(11,12)18(14,15)16;;/h1-4H,5H2,(H,14,15,16);;/q;+1;-1. The van der Waals surface area contributed by atoms with Crippen LogP contribution in [-0.4, -0.2) is 30.8 Å². The van der Waals surface area contributed by atoms with Crippen LogP contribution >= 0.6 is 0 Å². The molecule has 0 aromatic heterocycles. The molecule has 0 atom stereocenters. The first-order valence-electron chi connectivity index (χ1n) is 4.41. The van der Waals surface area contributed by atoms with E-state index in [1.54, 1.807) is 0 Å². The summed E-state index contributed by atoms with van der Waals surface area (Å²) in [6.45, 7) is -1.86. The first kappa shape index (κ1) is 18.4. The first-order valence-corrected chi connectivity index (χ1v) is 5.85. The van der Waals surface area contributed by atoms with Gasteiger partial charge in [0.15, 0.2) is 6.61 Å². The van der Waals surface area contributed by atoms with Gasteiger partial charge in [-0.05, 0) is 18.2 Å². The first-order chi connectivity index (χ1) is 8.13. The van der Waals surface area contributed by atoms with E-state index < -0.39 is 33.8 Å². The van der Waals surface area contributed by atoms with Crippen molar-refractivity contribution in [2.24, 2.45) is 0 Å². The van der Waals surface area contributed by atoms with Crippen molar-refractivity contribution >= 4 is 16.1 Å². The Morgan fingerprint density at radius 2 is 2.00 bits per heavy atom. The minimum Gasteiger partial charge on any atom is -1.00 e. The number of rotatable bonds is 4. The Hall–Kier alpha value is -0.610. The Labute approximate surface area is 130 Å². The molecule has 0 radical (unpaired) electrons. The Morgan fingerprint density at radius 1 is 1.42 bits per heavy atom. The summed E-state index contributed by atoms with van der Waals surface area (Å²) in [4.78, 5) is 11.2. The van der Waals surface area contributed by atoms with Crippen LogP contribution in [0.2, 0.25) is 0 Å². The fraction of sp³-hybridized carbons (Fsp3) is 0.222. The molecule has 0 unspecified atom stereocenters. The third-order valence-corrected chi connectivity index (χ3v) is 2.68. The quantitative estimate of drug-likeness (QED) is 0.419. The predicted molar refractivity (Wildman–Crippen MR) is 54.3 cm³/mol. The minimum atomic E-state index is -5.67. The van der Waals surface area contributed by atoms with Crippen molar-refractivity contribution in [3.8, 4) is 0 Å². The molecule has 10 heteroatoms. The van der Waals surface area contributed by atoms with E-state index in [9.17, 15) is 26.4 Å². The maximum atomic E-state index is 12.7. The molecule has 0 bridgehead atoms. The van der Waals surface area contributed by atoms with Gasteiger partial charge < -0.3 is 6.16 Å². The van der Waals surface area contributed by atoms with Crippen LogP contribution in [0.15, 0.2) is 24.3 Å². The Bertz CT molecular complexity index is 566. The third-order valence-electron chi connectivity index (χ3n) is 1.81. The van der Waals surface area contributed by atoms with Gasteiger partial charge in [0.2, 0.25) is 0 Å². The van der Waals surface area contributed by atoms with Crippen molar-refractivity contribution in [1.29, 1.82) is 0 Å². The van der Waals surface area contributed by atoms with E-state index in [2.05, 4.69) is 4.74 Å². The molecular formula is C9H8F3NaO5S. The molecule has 0 amide bonds. The summed E-state index contributed by atoms with van der Waals surface area (Å²) in [6.07, 6.45) is 0. The topological polar surface area (TPSA) is 80.7 Å². The van der Waals surface area contributed by atoms with Gasteiger partial charge >= 0.3 is 50.9 Å². The molecule has 1 N–H and O–H groups in total. The van der Waals surface area contributed by atoms with Crippen molar-refractivity contribution < 1.29 is 66.7 Å². The van der Waals surface area contributed by atoms with E-state index >= 15 is 0 Å². The number of hydrogen-bond acceptors (Lipinski definition) is 4. The number of ether oxygens (including phenoxy) is 1. The van der Waals surface area contributed by atoms with Crippen molar-refractivity contribution in [3.05, 3.63) is 35.6 Å². The van der Waals surface area contributed by atoms with E-state index in [-0.39, 0.29) is 36.5 Å². The van der Waals surface area contributed by atoms with Crippen LogP contribution in [-0.2, 0) is 14.9 Å². The summed E-state index contributed by atoms with van der Waals surface area (Å²) in [5.41, 5.74) is -0.360. The van der Waals surface area contributed by atoms with Crippen molar-refractivity contribution in [3.63, 3.8) is 0 Å². The maximum absolute atomic E-state index is 12.7. The van der Waals surface area contributed by atoms with Crippen LogP contribution in [0.5, 0.6) is 0 Å². The van der Waals surface area contributed by atoms with Crippen LogP contribution in [0.4, 0.5) is 13.2 Å². The maximum Gasteiger partial charge on any atom is 1.00 e. The number of halogens is 3. The van der Waals surface area contributed by atoms with E-state index in [1.165, 1.54) is 0 Å². The third kappa shape index (κ3) is 5.11. The molecule has 1 aromatic carbocycles. The summed E-state index contributed by atoms with van der Waals surface area (Å²) in [6, 6.07) is 3.99. The van der Waals surface area contributed by atoms with Gasteiger partial charge in [-0.25, -0.2) is 9.18 Å². The molecular weight excluding hydrogens is 300 g/mol. The summed E-state index contributed by atoms with van der Waals surface area (Å²) >= 11 is 0. The van der Waals surface area contributed by atoms with Crippen LogP contribution < -0.4 is 29.6 Å². The summed E-state index contributed by atoms with van der Waals surface area (Å²) in [7, 11) is -5.67. The molecule has 1 rings (SSSR count). The molecule has 0 aliphatic rings. The second kappa shape index (κ2) is 6.71. The molecule has 0 heterocycles. The minimum absolute atomic E-state index is 0. The van der Waals surface area contributed by atoms with Gasteiger partial charge in [-0.3, -0.25) is 4.55 Å². The second-order valence-electron chi connectivity index (χ2n) is 3.20.